The fourth-order valence-electron chi connectivity index (χ4n) is 2.53. The third-order valence-electron chi connectivity index (χ3n) is 3.71. The number of aromatic nitrogens is 5. The molecule has 0 unspecified atom stereocenters. The highest BCUT2D eigenvalue weighted by atomic mass is 32.1. The molecule has 0 saturated carbocycles. The van der Waals surface area contributed by atoms with Crippen LogP contribution in [0.3, 0.4) is 0 Å². The summed E-state index contributed by atoms with van der Waals surface area (Å²) in [5.41, 5.74) is 2.02. The summed E-state index contributed by atoms with van der Waals surface area (Å²) in [5.74, 6) is -1.35. The fraction of sp³-hybridized carbons (Fsp3) is 0.0588. The highest BCUT2D eigenvalue weighted by Crippen LogP contribution is 2.29. The number of H-pyrrole nitrogens is 1. The molecule has 140 valence electrons. The molecule has 3 aromatic heterocycles. The standard InChI is InChI=1S/C17H13N7O3S/c1-8(25)19-14-6-9(16(26)27)5-13(21-14)15-23-24-17(28-15)20-11-2-3-12-10(4-11)7-18-22-12/h2-7H,1H3,(H,18,22)(H,20,24)(H,26,27)(H,19,21,25). The van der Waals surface area contributed by atoms with Gasteiger partial charge in [-0.25, -0.2) is 9.78 Å². The number of carbonyl (C=O) groups is 2. The van der Waals surface area contributed by atoms with Crippen LogP contribution in [0.5, 0.6) is 0 Å². The summed E-state index contributed by atoms with van der Waals surface area (Å²) in [4.78, 5) is 26.9. The van der Waals surface area contributed by atoms with Crippen molar-refractivity contribution in [2.24, 2.45) is 0 Å². The monoisotopic (exact) mass is 395 g/mol. The van der Waals surface area contributed by atoms with E-state index in [2.05, 4.69) is 36.0 Å². The number of nitrogens with one attached hydrogen (secondary N) is 3. The lowest BCUT2D eigenvalue weighted by molar-refractivity contribution is -0.114. The topological polar surface area (TPSA) is 146 Å². The second kappa shape index (κ2) is 7.04. The van der Waals surface area contributed by atoms with E-state index in [1.165, 1.54) is 30.4 Å². The molecule has 0 radical (unpaired) electrons. The Kier molecular flexibility index (Phi) is 4.41. The van der Waals surface area contributed by atoms with Gasteiger partial charge in [0.05, 0.1) is 17.3 Å². The maximum absolute atomic E-state index is 11.4. The molecule has 4 N–H and O–H groups in total. The van der Waals surface area contributed by atoms with Gasteiger partial charge in [0.25, 0.3) is 0 Å². The van der Waals surface area contributed by atoms with Crippen LogP contribution in [0, 0.1) is 0 Å². The van der Waals surface area contributed by atoms with Crippen LogP contribution in [0.25, 0.3) is 21.6 Å². The van der Waals surface area contributed by atoms with Crippen molar-refractivity contribution in [1.29, 1.82) is 0 Å². The van der Waals surface area contributed by atoms with E-state index in [-0.39, 0.29) is 17.3 Å². The average Bonchev–Trinajstić information content (AvgIpc) is 3.29. The van der Waals surface area contributed by atoms with Crippen molar-refractivity contribution in [2.45, 2.75) is 6.92 Å². The van der Waals surface area contributed by atoms with Crippen LogP contribution in [-0.4, -0.2) is 42.4 Å². The van der Waals surface area contributed by atoms with E-state index >= 15 is 0 Å². The summed E-state index contributed by atoms with van der Waals surface area (Å²) >= 11 is 1.21. The number of carboxylic acids is 1. The molecule has 4 aromatic rings. The van der Waals surface area contributed by atoms with Gasteiger partial charge in [0.2, 0.25) is 11.0 Å². The molecule has 0 aliphatic heterocycles. The highest BCUT2D eigenvalue weighted by Gasteiger charge is 2.14. The predicted octanol–water partition coefficient (Wildman–Crippen LogP) is 2.88. The Bertz CT molecular complexity index is 1200. The van der Waals surface area contributed by atoms with Crippen LogP contribution in [0.4, 0.5) is 16.6 Å². The van der Waals surface area contributed by atoms with Crippen LogP contribution in [0.2, 0.25) is 0 Å². The number of benzene rings is 1. The molecule has 0 bridgehead atoms. The van der Waals surface area contributed by atoms with Crippen LogP contribution in [0.1, 0.15) is 17.3 Å². The first-order chi connectivity index (χ1) is 13.5. The SMILES string of the molecule is CC(=O)Nc1cc(C(=O)O)cc(-c2nnc(Nc3ccc4[nH]ncc4c3)s2)n1. The van der Waals surface area contributed by atoms with E-state index in [4.69, 9.17) is 0 Å². The Morgan fingerprint density at radius 2 is 2.04 bits per heavy atom. The summed E-state index contributed by atoms with van der Waals surface area (Å²) in [6.45, 7) is 1.32. The first-order valence-electron chi connectivity index (χ1n) is 8.05. The van der Waals surface area contributed by atoms with Crippen molar-refractivity contribution < 1.29 is 14.7 Å². The molecule has 4 rings (SSSR count). The van der Waals surface area contributed by atoms with Gasteiger partial charge in [0, 0.05) is 18.0 Å². The van der Waals surface area contributed by atoms with Gasteiger partial charge in [-0.1, -0.05) is 11.3 Å². The Morgan fingerprint density at radius 1 is 1.18 bits per heavy atom. The van der Waals surface area contributed by atoms with E-state index in [1.807, 2.05) is 18.2 Å². The van der Waals surface area contributed by atoms with Crippen molar-refractivity contribution in [3.05, 3.63) is 42.1 Å². The van der Waals surface area contributed by atoms with E-state index in [0.717, 1.165) is 16.6 Å². The minimum absolute atomic E-state index is 0.0103. The van der Waals surface area contributed by atoms with Crippen LogP contribution < -0.4 is 10.6 Å². The Labute approximate surface area is 161 Å². The molecular weight excluding hydrogens is 382 g/mol. The number of hydrogen-bond donors (Lipinski definition) is 4. The van der Waals surface area contributed by atoms with Gasteiger partial charge in [0.15, 0.2) is 5.01 Å². The molecular formula is C17H13N7O3S. The van der Waals surface area contributed by atoms with Gasteiger partial charge in [-0.2, -0.15) is 5.10 Å². The number of nitrogens with zero attached hydrogens (tertiary/aromatic N) is 4. The number of pyridine rings is 1. The van der Waals surface area contributed by atoms with E-state index in [0.29, 0.717) is 15.8 Å². The van der Waals surface area contributed by atoms with Crippen molar-refractivity contribution in [3.63, 3.8) is 0 Å². The van der Waals surface area contributed by atoms with Crippen molar-refractivity contribution in [1.82, 2.24) is 25.4 Å². The third-order valence-corrected chi connectivity index (χ3v) is 4.57. The number of aromatic amines is 1. The Balaban J connectivity index is 1.63. The zero-order valence-electron chi connectivity index (χ0n) is 14.4. The quantitative estimate of drug-likeness (QED) is 0.403. The maximum atomic E-state index is 11.4. The lowest BCUT2D eigenvalue weighted by Crippen LogP contribution is -2.09. The van der Waals surface area contributed by atoms with Gasteiger partial charge in [0.1, 0.15) is 11.5 Å². The van der Waals surface area contributed by atoms with Crippen molar-refractivity contribution in [3.8, 4) is 10.7 Å². The number of aromatic carboxylic acids is 1. The normalized spacial score (nSPS) is 10.8. The summed E-state index contributed by atoms with van der Waals surface area (Å²) in [7, 11) is 0. The van der Waals surface area contributed by atoms with Gasteiger partial charge >= 0.3 is 5.97 Å². The molecule has 0 atom stereocenters. The van der Waals surface area contributed by atoms with Crippen LogP contribution in [-0.2, 0) is 4.79 Å². The number of fused-ring (bicyclic) bond motifs is 1. The van der Waals surface area contributed by atoms with Crippen molar-refractivity contribution in [2.75, 3.05) is 10.6 Å². The van der Waals surface area contributed by atoms with Gasteiger partial charge in [-0.15, -0.1) is 10.2 Å². The predicted molar refractivity (Wildman–Crippen MR) is 104 cm³/mol. The second-order valence-corrected chi connectivity index (χ2v) is 6.80. The number of amides is 1. The molecule has 0 spiro atoms. The zero-order valence-corrected chi connectivity index (χ0v) is 15.2. The fourth-order valence-corrected chi connectivity index (χ4v) is 3.25. The molecule has 28 heavy (non-hydrogen) atoms. The van der Waals surface area contributed by atoms with Gasteiger partial charge < -0.3 is 15.7 Å². The van der Waals surface area contributed by atoms with E-state index in [9.17, 15) is 14.7 Å². The molecule has 11 heteroatoms. The lowest BCUT2D eigenvalue weighted by atomic mass is 10.2. The summed E-state index contributed by atoms with van der Waals surface area (Å²) < 4.78 is 0. The molecule has 3 heterocycles. The van der Waals surface area contributed by atoms with E-state index < -0.39 is 5.97 Å². The third kappa shape index (κ3) is 3.64. The molecule has 1 aromatic carbocycles. The number of carboxylic acid groups (broad SMARTS) is 1. The number of anilines is 3. The average molecular weight is 395 g/mol. The van der Waals surface area contributed by atoms with Gasteiger partial charge in [-0.05, 0) is 30.3 Å². The van der Waals surface area contributed by atoms with Gasteiger partial charge in [-0.3, -0.25) is 9.89 Å². The van der Waals surface area contributed by atoms with Crippen LogP contribution >= 0.6 is 11.3 Å². The minimum Gasteiger partial charge on any atom is -0.478 e. The minimum atomic E-state index is -1.13. The summed E-state index contributed by atoms with van der Waals surface area (Å²) in [6, 6.07) is 8.35. The van der Waals surface area contributed by atoms with E-state index in [1.54, 1.807) is 6.20 Å². The summed E-state index contributed by atoms with van der Waals surface area (Å²) in [6.07, 6.45) is 1.72. The Morgan fingerprint density at radius 3 is 2.82 bits per heavy atom. The molecule has 0 fully saturated rings. The smallest absolute Gasteiger partial charge is 0.335 e. The second-order valence-electron chi connectivity index (χ2n) is 5.82. The largest absolute Gasteiger partial charge is 0.478 e. The maximum Gasteiger partial charge on any atom is 0.335 e. The first-order valence-corrected chi connectivity index (χ1v) is 8.86. The Hall–Kier alpha value is -3.86. The molecule has 0 aliphatic carbocycles. The lowest BCUT2D eigenvalue weighted by Gasteiger charge is -2.05. The number of carbonyl (C=O) groups excluding carboxylic acids is 1. The molecule has 0 saturated heterocycles. The highest BCUT2D eigenvalue weighted by molar-refractivity contribution is 7.18. The molecule has 0 aliphatic rings. The zero-order chi connectivity index (χ0) is 19.7. The molecule has 1 amide bonds. The molecule has 10 nitrogen and oxygen atoms in total. The van der Waals surface area contributed by atoms with Crippen LogP contribution in [0.15, 0.2) is 36.5 Å². The summed E-state index contributed by atoms with van der Waals surface area (Å²) in [5, 5.41) is 31.8. The number of hydrogen-bond acceptors (Lipinski definition) is 8. The first kappa shape index (κ1) is 17.5. The number of rotatable bonds is 5. The van der Waals surface area contributed by atoms with Crippen molar-refractivity contribution >= 4 is 50.8 Å².